The molecule has 0 spiro atoms. The van der Waals surface area contributed by atoms with E-state index < -0.39 is 0 Å². The maximum atomic E-state index is 13.3. The highest BCUT2D eigenvalue weighted by atomic mass is 16.2. The van der Waals surface area contributed by atoms with Crippen molar-refractivity contribution in [3.05, 3.63) is 77.5 Å². The first-order valence-electron chi connectivity index (χ1n) is 12.5. The molecule has 2 amide bonds. The summed E-state index contributed by atoms with van der Waals surface area (Å²) in [5.41, 5.74) is 3.64. The monoisotopic (exact) mass is 469 g/mol. The van der Waals surface area contributed by atoms with Gasteiger partial charge in [0, 0.05) is 25.7 Å². The molecule has 0 aromatic heterocycles. The molecule has 4 nitrogen and oxygen atoms in total. The third-order valence-electron chi connectivity index (χ3n) is 5.51. The zero-order valence-corrected chi connectivity index (χ0v) is 21.7. The Bertz CT molecular complexity index is 1010. The van der Waals surface area contributed by atoms with Gasteiger partial charge in [-0.15, -0.1) is 18.8 Å². The summed E-state index contributed by atoms with van der Waals surface area (Å²) in [4.78, 5) is 15.2. The number of carbonyl (C=O) groups excluding carboxylic acids is 1. The quantitative estimate of drug-likeness (QED) is 0.254. The molecule has 2 aromatic carbocycles. The molecule has 1 heterocycles. The predicted octanol–water partition coefficient (Wildman–Crippen LogP) is 7.02. The minimum Gasteiger partial charge on any atom is -0.320 e. The van der Waals surface area contributed by atoms with Crippen molar-refractivity contribution in [3.63, 3.8) is 0 Å². The molecule has 0 bridgehead atoms. The first-order valence-corrected chi connectivity index (χ1v) is 12.5. The Balaban J connectivity index is 0.00000145. The van der Waals surface area contributed by atoms with Crippen LogP contribution in [0.1, 0.15) is 63.6 Å². The smallest absolute Gasteiger partial charge is 0.320 e. The number of hydrazone groups is 1. The number of rotatable bonds is 6. The fourth-order valence-electron chi connectivity index (χ4n) is 3.88. The number of urea groups is 1. The zero-order valence-electron chi connectivity index (χ0n) is 21.7. The van der Waals surface area contributed by atoms with E-state index in [1.165, 1.54) is 10.6 Å². The molecule has 1 unspecified atom stereocenters. The fraction of sp³-hybridized carbons (Fsp3) is 0.355. The summed E-state index contributed by atoms with van der Waals surface area (Å²) in [5.74, 6) is 5.29. The highest BCUT2D eigenvalue weighted by molar-refractivity contribution is 5.83. The molecule has 184 valence electrons. The molecular weight excluding hydrogens is 430 g/mol. The lowest BCUT2D eigenvalue weighted by molar-refractivity contribution is 0.128. The molecule has 0 saturated carbocycles. The van der Waals surface area contributed by atoms with Crippen LogP contribution in [-0.2, 0) is 12.8 Å². The lowest BCUT2D eigenvalue weighted by Crippen LogP contribution is -2.48. The highest BCUT2D eigenvalue weighted by Crippen LogP contribution is 2.24. The van der Waals surface area contributed by atoms with Crippen LogP contribution in [0.15, 0.2) is 65.9 Å². The summed E-state index contributed by atoms with van der Waals surface area (Å²) < 4.78 is 0. The molecule has 0 aliphatic carbocycles. The van der Waals surface area contributed by atoms with Crippen LogP contribution in [-0.4, -0.2) is 35.2 Å². The van der Waals surface area contributed by atoms with Crippen LogP contribution in [0.5, 0.6) is 0 Å². The van der Waals surface area contributed by atoms with Gasteiger partial charge in [0.05, 0.1) is 11.8 Å². The number of hydrogen-bond acceptors (Lipinski definition) is 2. The first kappa shape index (κ1) is 29.3. The van der Waals surface area contributed by atoms with Crippen LogP contribution in [0, 0.1) is 24.7 Å². The van der Waals surface area contributed by atoms with Crippen molar-refractivity contribution in [3.8, 4) is 24.7 Å². The summed E-state index contributed by atoms with van der Waals surface area (Å²) in [5, 5.41) is 5.22. The maximum absolute atomic E-state index is 13.3. The van der Waals surface area contributed by atoms with Gasteiger partial charge in [-0.25, -0.2) is 4.79 Å². The Morgan fingerprint density at radius 1 is 1.06 bits per heavy atom. The van der Waals surface area contributed by atoms with E-state index in [9.17, 15) is 4.79 Å². The van der Waals surface area contributed by atoms with E-state index in [4.69, 9.17) is 12.8 Å². The van der Waals surface area contributed by atoms with Gasteiger partial charge in [0.2, 0.25) is 0 Å². The molecule has 1 saturated heterocycles. The number of benzene rings is 2. The predicted molar refractivity (Wildman–Crippen MR) is 150 cm³/mol. The van der Waals surface area contributed by atoms with Gasteiger partial charge in [-0.05, 0) is 42.4 Å². The molecule has 1 aliphatic rings. The van der Waals surface area contributed by atoms with E-state index in [0.29, 0.717) is 18.5 Å². The van der Waals surface area contributed by atoms with Gasteiger partial charge in [-0.1, -0.05) is 88.2 Å². The lowest BCUT2D eigenvalue weighted by Gasteiger charge is -2.37. The summed E-state index contributed by atoms with van der Waals surface area (Å²) in [6.07, 6.45) is 17.1. The number of carbonyl (C=O) groups is 1. The third-order valence-corrected chi connectivity index (χ3v) is 5.51. The van der Waals surface area contributed by atoms with Crippen molar-refractivity contribution in [2.45, 2.75) is 65.8 Å². The average Bonchev–Trinajstić information content (AvgIpc) is 2.93. The number of hydrogen-bond donors (Lipinski definition) is 0. The minimum absolute atomic E-state index is 0.124. The average molecular weight is 470 g/mol. The first-order chi connectivity index (χ1) is 17.2. The van der Waals surface area contributed by atoms with E-state index in [2.05, 4.69) is 35.8 Å². The van der Waals surface area contributed by atoms with Crippen molar-refractivity contribution in [2.24, 2.45) is 5.10 Å². The van der Waals surface area contributed by atoms with Crippen LogP contribution in [0.2, 0.25) is 0 Å². The molecular formula is C31H39N3O. The lowest BCUT2D eigenvalue weighted by atomic mass is 9.96. The normalized spacial score (nSPS) is 14.6. The van der Waals surface area contributed by atoms with Crippen molar-refractivity contribution < 1.29 is 4.79 Å². The van der Waals surface area contributed by atoms with E-state index in [0.717, 1.165) is 36.8 Å². The standard InChI is InChI=1S/C27H27N3O.2C2H6/c1-4-11-22-15-17-25(18-16-22)24(5-2)21-30(28-3)27(31)29-19-10-9-14-26(29)20-23-12-7-6-8-13-23;2*1-2/h1-2,6-8,12-13,15-18,21,26H,3,9-11,14,19-20H2;2*1-2H3/b24-21+;;. The van der Waals surface area contributed by atoms with E-state index >= 15 is 0 Å². The molecule has 1 atom stereocenters. The number of amides is 2. The van der Waals surface area contributed by atoms with E-state index in [1.54, 1.807) is 6.20 Å². The van der Waals surface area contributed by atoms with Crippen molar-refractivity contribution in [1.29, 1.82) is 0 Å². The second-order valence-electron chi connectivity index (χ2n) is 7.57. The molecule has 1 aliphatic heterocycles. The SMILES string of the molecule is C#CCc1ccc(/C(C#C)=C/N(N=C)C(=O)N2CCCCC2Cc2ccccc2)cc1.CC.CC. The fourth-order valence-corrected chi connectivity index (χ4v) is 3.88. The molecule has 3 rings (SSSR count). The Labute approximate surface area is 212 Å². The number of allylic oxidation sites excluding steroid dienone is 1. The van der Waals surface area contributed by atoms with E-state index in [-0.39, 0.29) is 12.1 Å². The summed E-state index contributed by atoms with van der Waals surface area (Å²) in [6.45, 7) is 12.3. The highest BCUT2D eigenvalue weighted by Gasteiger charge is 2.29. The zero-order chi connectivity index (χ0) is 26.1. The Morgan fingerprint density at radius 2 is 1.71 bits per heavy atom. The van der Waals surface area contributed by atoms with Gasteiger partial charge >= 0.3 is 6.03 Å². The molecule has 35 heavy (non-hydrogen) atoms. The largest absolute Gasteiger partial charge is 0.344 e. The van der Waals surface area contributed by atoms with Crippen LogP contribution >= 0.6 is 0 Å². The van der Waals surface area contributed by atoms with Crippen molar-refractivity contribution in [1.82, 2.24) is 9.91 Å². The Kier molecular flexibility index (Phi) is 14.0. The second kappa shape index (κ2) is 16.8. The van der Waals surface area contributed by atoms with Gasteiger partial charge in [0.1, 0.15) is 0 Å². The summed E-state index contributed by atoms with van der Waals surface area (Å²) >= 11 is 0. The van der Waals surface area contributed by atoms with Gasteiger partial charge in [0.15, 0.2) is 0 Å². The summed E-state index contributed by atoms with van der Waals surface area (Å²) in [6, 6.07) is 17.9. The van der Waals surface area contributed by atoms with Crippen LogP contribution in [0.3, 0.4) is 0 Å². The summed E-state index contributed by atoms with van der Waals surface area (Å²) in [7, 11) is 0. The molecule has 1 fully saturated rings. The second-order valence-corrected chi connectivity index (χ2v) is 7.57. The number of likely N-dealkylation sites (tertiary alicyclic amines) is 1. The molecule has 2 aromatic rings. The number of piperidine rings is 1. The molecule has 0 N–H and O–H groups in total. The molecule has 4 heteroatoms. The third kappa shape index (κ3) is 8.84. The van der Waals surface area contributed by atoms with Gasteiger partial charge in [-0.2, -0.15) is 10.1 Å². The van der Waals surface area contributed by atoms with Gasteiger partial charge < -0.3 is 4.90 Å². The van der Waals surface area contributed by atoms with Crippen LogP contribution < -0.4 is 0 Å². The number of nitrogens with zero attached hydrogens (tertiary/aromatic N) is 3. The maximum Gasteiger partial charge on any atom is 0.344 e. The Hall–Kier alpha value is -3.76. The van der Waals surface area contributed by atoms with Gasteiger partial charge in [0.25, 0.3) is 0 Å². The topological polar surface area (TPSA) is 35.9 Å². The van der Waals surface area contributed by atoms with Gasteiger partial charge in [-0.3, -0.25) is 0 Å². The van der Waals surface area contributed by atoms with Crippen molar-refractivity contribution in [2.75, 3.05) is 6.54 Å². The minimum atomic E-state index is -0.202. The van der Waals surface area contributed by atoms with Crippen molar-refractivity contribution >= 4 is 18.3 Å². The van der Waals surface area contributed by atoms with E-state index in [1.807, 2.05) is 75.1 Å². The van der Waals surface area contributed by atoms with Crippen LogP contribution in [0.4, 0.5) is 4.79 Å². The Morgan fingerprint density at radius 3 is 2.29 bits per heavy atom. The molecule has 0 radical (unpaired) electrons. The number of terminal acetylenes is 2. The van der Waals surface area contributed by atoms with Crippen LogP contribution in [0.25, 0.3) is 5.57 Å².